The number of carbonyl (C=O) groups excluding carboxylic acids is 2. The van der Waals surface area contributed by atoms with E-state index in [2.05, 4.69) is 15.7 Å². The molecule has 0 unspecified atom stereocenters. The highest BCUT2D eigenvalue weighted by Gasteiger charge is 2.15. The minimum Gasteiger partial charge on any atom is -0.459 e. The van der Waals surface area contributed by atoms with E-state index in [0.717, 1.165) is 5.69 Å². The fourth-order valence-corrected chi connectivity index (χ4v) is 2.28. The third kappa shape index (κ3) is 5.79. The lowest BCUT2D eigenvalue weighted by Gasteiger charge is -2.12. The standard InChI is InChI=1S/C17H21ClN4O3/c1-11(2)25-16(23)14-10-13(4-5-15(14)18)20-17(24)19-7-9-22-8-6-12(3)21-22/h4-6,8,10-11H,7,9H2,1-3H3,(H2,19,20,24). The van der Waals surface area contributed by atoms with Gasteiger partial charge in [0.25, 0.3) is 0 Å². The molecule has 1 aromatic carbocycles. The van der Waals surface area contributed by atoms with Gasteiger partial charge in [0, 0.05) is 18.4 Å². The Kier molecular flexibility index (Phi) is 6.41. The van der Waals surface area contributed by atoms with Gasteiger partial charge in [-0.3, -0.25) is 4.68 Å². The first kappa shape index (κ1) is 18.8. The summed E-state index contributed by atoms with van der Waals surface area (Å²) >= 11 is 6.03. The Morgan fingerprint density at radius 1 is 1.32 bits per heavy atom. The number of ether oxygens (including phenoxy) is 1. The highest BCUT2D eigenvalue weighted by Crippen LogP contribution is 2.22. The first-order valence-electron chi connectivity index (χ1n) is 7.90. The van der Waals surface area contributed by atoms with Crippen molar-refractivity contribution in [2.75, 3.05) is 11.9 Å². The maximum atomic E-state index is 12.0. The molecule has 0 aliphatic rings. The molecule has 0 aliphatic heterocycles. The highest BCUT2D eigenvalue weighted by molar-refractivity contribution is 6.33. The van der Waals surface area contributed by atoms with E-state index in [-0.39, 0.29) is 22.7 Å². The molecule has 8 heteroatoms. The van der Waals surface area contributed by atoms with Crippen LogP contribution in [0.4, 0.5) is 10.5 Å². The quantitative estimate of drug-likeness (QED) is 0.770. The molecule has 0 atom stereocenters. The van der Waals surface area contributed by atoms with Crippen molar-refractivity contribution in [3.05, 3.63) is 46.7 Å². The Bertz CT molecular complexity index is 758. The molecule has 0 spiro atoms. The van der Waals surface area contributed by atoms with Crippen molar-refractivity contribution in [3.8, 4) is 0 Å². The SMILES string of the molecule is Cc1ccn(CCNC(=O)Nc2ccc(Cl)c(C(=O)OC(C)C)c2)n1. The molecule has 0 fully saturated rings. The number of aryl methyl sites for hydroxylation is 1. The number of nitrogens with one attached hydrogen (secondary N) is 2. The van der Waals surface area contributed by atoms with Crippen LogP contribution in [-0.2, 0) is 11.3 Å². The summed E-state index contributed by atoms with van der Waals surface area (Å²) in [5.74, 6) is -0.530. The summed E-state index contributed by atoms with van der Waals surface area (Å²) in [6.07, 6.45) is 1.59. The molecule has 2 amide bonds. The lowest BCUT2D eigenvalue weighted by Crippen LogP contribution is -2.31. The molecular formula is C17H21ClN4O3. The van der Waals surface area contributed by atoms with E-state index >= 15 is 0 Å². The summed E-state index contributed by atoms with van der Waals surface area (Å²) in [5.41, 5.74) is 1.58. The van der Waals surface area contributed by atoms with Crippen molar-refractivity contribution >= 4 is 29.3 Å². The van der Waals surface area contributed by atoms with Crippen molar-refractivity contribution in [1.82, 2.24) is 15.1 Å². The van der Waals surface area contributed by atoms with Crippen LogP contribution in [0.25, 0.3) is 0 Å². The zero-order valence-electron chi connectivity index (χ0n) is 14.4. The minimum absolute atomic E-state index is 0.209. The van der Waals surface area contributed by atoms with Crippen LogP contribution >= 0.6 is 11.6 Å². The number of halogens is 1. The number of hydrogen-bond donors (Lipinski definition) is 2. The predicted molar refractivity (Wildman–Crippen MR) is 96.0 cm³/mol. The molecule has 134 valence electrons. The first-order chi connectivity index (χ1) is 11.8. The van der Waals surface area contributed by atoms with Gasteiger partial charge < -0.3 is 15.4 Å². The fraction of sp³-hybridized carbons (Fsp3) is 0.353. The Hall–Kier alpha value is -2.54. The molecule has 25 heavy (non-hydrogen) atoms. The van der Waals surface area contributed by atoms with Crippen molar-refractivity contribution in [2.24, 2.45) is 0 Å². The summed E-state index contributed by atoms with van der Waals surface area (Å²) in [6, 6.07) is 6.16. The second kappa shape index (κ2) is 8.53. The molecule has 2 aromatic rings. The lowest BCUT2D eigenvalue weighted by atomic mass is 10.2. The average molecular weight is 365 g/mol. The molecule has 2 N–H and O–H groups in total. The van der Waals surface area contributed by atoms with Gasteiger partial charge in [-0.25, -0.2) is 9.59 Å². The highest BCUT2D eigenvalue weighted by atomic mass is 35.5. The molecule has 0 saturated heterocycles. The van der Waals surface area contributed by atoms with Gasteiger partial charge in [-0.1, -0.05) is 11.6 Å². The Morgan fingerprint density at radius 2 is 2.08 bits per heavy atom. The van der Waals surface area contributed by atoms with Crippen LogP contribution in [0.5, 0.6) is 0 Å². The summed E-state index contributed by atoms with van der Waals surface area (Å²) in [6.45, 7) is 6.39. The number of esters is 1. The van der Waals surface area contributed by atoms with E-state index in [1.165, 1.54) is 6.07 Å². The minimum atomic E-state index is -0.530. The molecule has 0 radical (unpaired) electrons. The van der Waals surface area contributed by atoms with Crippen LogP contribution in [0.2, 0.25) is 5.02 Å². The van der Waals surface area contributed by atoms with Gasteiger partial charge >= 0.3 is 12.0 Å². The number of rotatable bonds is 6. The van der Waals surface area contributed by atoms with Crippen LogP contribution in [0.3, 0.4) is 0 Å². The van der Waals surface area contributed by atoms with Gasteiger partial charge in [-0.15, -0.1) is 0 Å². The zero-order chi connectivity index (χ0) is 18.4. The van der Waals surface area contributed by atoms with E-state index in [4.69, 9.17) is 16.3 Å². The Labute approximate surface area is 151 Å². The Morgan fingerprint density at radius 3 is 2.72 bits per heavy atom. The zero-order valence-corrected chi connectivity index (χ0v) is 15.1. The predicted octanol–water partition coefficient (Wildman–Crippen LogP) is 3.23. The van der Waals surface area contributed by atoms with Crippen LogP contribution in [0.15, 0.2) is 30.5 Å². The Balaban J connectivity index is 1.90. The monoisotopic (exact) mass is 364 g/mol. The largest absolute Gasteiger partial charge is 0.459 e. The number of benzene rings is 1. The van der Waals surface area contributed by atoms with Crippen LogP contribution < -0.4 is 10.6 Å². The van der Waals surface area contributed by atoms with E-state index in [9.17, 15) is 9.59 Å². The molecular weight excluding hydrogens is 344 g/mol. The number of amides is 2. The van der Waals surface area contributed by atoms with E-state index in [0.29, 0.717) is 18.8 Å². The molecule has 0 aliphatic carbocycles. The van der Waals surface area contributed by atoms with Gasteiger partial charge in [-0.05, 0) is 45.0 Å². The number of nitrogens with zero attached hydrogens (tertiary/aromatic N) is 2. The third-order valence-electron chi connectivity index (χ3n) is 3.19. The smallest absolute Gasteiger partial charge is 0.339 e. The van der Waals surface area contributed by atoms with Gasteiger partial charge in [0.05, 0.1) is 28.9 Å². The molecule has 0 saturated carbocycles. The van der Waals surface area contributed by atoms with Gasteiger partial charge in [0.15, 0.2) is 0 Å². The number of anilines is 1. The number of urea groups is 1. The number of hydrogen-bond acceptors (Lipinski definition) is 4. The third-order valence-corrected chi connectivity index (χ3v) is 3.52. The molecule has 7 nitrogen and oxygen atoms in total. The maximum Gasteiger partial charge on any atom is 0.339 e. The van der Waals surface area contributed by atoms with E-state index in [1.54, 1.807) is 30.7 Å². The summed E-state index contributed by atoms with van der Waals surface area (Å²) in [4.78, 5) is 24.0. The summed E-state index contributed by atoms with van der Waals surface area (Å²) < 4.78 is 6.88. The number of carbonyl (C=O) groups is 2. The van der Waals surface area contributed by atoms with Gasteiger partial charge in [0.1, 0.15) is 0 Å². The molecule has 2 rings (SSSR count). The second-order valence-electron chi connectivity index (χ2n) is 5.75. The van der Waals surface area contributed by atoms with Crippen LogP contribution in [0, 0.1) is 6.92 Å². The topological polar surface area (TPSA) is 85.2 Å². The normalized spacial score (nSPS) is 10.6. The lowest BCUT2D eigenvalue weighted by molar-refractivity contribution is 0.0378. The fourth-order valence-electron chi connectivity index (χ4n) is 2.08. The van der Waals surface area contributed by atoms with E-state index < -0.39 is 5.97 Å². The second-order valence-corrected chi connectivity index (χ2v) is 6.16. The first-order valence-corrected chi connectivity index (χ1v) is 8.28. The van der Waals surface area contributed by atoms with Crippen LogP contribution in [-0.4, -0.2) is 34.4 Å². The van der Waals surface area contributed by atoms with Crippen molar-refractivity contribution in [2.45, 2.75) is 33.4 Å². The summed E-state index contributed by atoms with van der Waals surface area (Å²) in [5, 5.41) is 9.89. The molecule has 0 bridgehead atoms. The molecule has 1 heterocycles. The van der Waals surface area contributed by atoms with E-state index in [1.807, 2.05) is 19.2 Å². The van der Waals surface area contributed by atoms with Gasteiger partial charge in [0.2, 0.25) is 0 Å². The molecule has 1 aromatic heterocycles. The van der Waals surface area contributed by atoms with Crippen LogP contribution in [0.1, 0.15) is 29.9 Å². The van der Waals surface area contributed by atoms with Crippen molar-refractivity contribution in [1.29, 1.82) is 0 Å². The average Bonchev–Trinajstić information content (AvgIpc) is 2.94. The van der Waals surface area contributed by atoms with Crippen molar-refractivity contribution in [3.63, 3.8) is 0 Å². The number of aromatic nitrogens is 2. The van der Waals surface area contributed by atoms with Crippen molar-refractivity contribution < 1.29 is 14.3 Å². The van der Waals surface area contributed by atoms with Gasteiger partial charge in [-0.2, -0.15) is 5.10 Å². The maximum absolute atomic E-state index is 12.0. The summed E-state index contributed by atoms with van der Waals surface area (Å²) in [7, 11) is 0.